The molecular weight excluding hydrogens is 436 g/mol. The lowest BCUT2D eigenvalue weighted by atomic mass is 10.1. The average molecular weight is 465 g/mol. The number of anilines is 1. The molecule has 0 saturated carbocycles. The number of benzene rings is 2. The van der Waals surface area contributed by atoms with Crippen molar-refractivity contribution in [2.75, 3.05) is 44.9 Å². The molecule has 3 aliphatic rings. The first-order chi connectivity index (χ1) is 16.6. The maximum Gasteiger partial charge on any atom is 0.265 e. The monoisotopic (exact) mass is 464 g/mol. The Labute approximate surface area is 198 Å². The zero-order valence-electron chi connectivity index (χ0n) is 19.2. The van der Waals surface area contributed by atoms with Crippen molar-refractivity contribution in [3.63, 3.8) is 0 Å². The smallest absolute Gasteiger partial charge is 0.265 e. The standard InChI is InChI=1S/C26H28N2O6/c1-31-21-15-18(16-22-25(21)33-14-13-32-22)9-10-24(29)28-17-23(26(30)27-11-5-2-6-12-27)34-20-8-4-3-7-19(20)28/h3-4,7-10,15-16,23H,2,5-6,11-14,17H2,1H3/b10-9+. The Hall–Kier alpha value is -3.68. The van der Waals surface area contributed by atoms with Crippen LogP contribution in [0, 0.1) is 0 Å². The number of fused-ring (bicyclic) bond motifs is 2. The lowest BCUT2D eigenvalue weighted by molar-refractivity contribution is -0.139. The second kappa shape index (κ2) is 9.67. The van der Waals surface area contributed by atoms with Crippen molar-refractivity contribution in [3.05, 3.63) is 48.0 Å². The van der Waals surface area contributed by atoms with Crippen LogP contribution in [-0.4, -0.2) is 62.8 Å². The molecule has 8 heteroatoms. The molecule has 0 spiro atoms. The minimum atomic E-state index is -0.722. The van der Waals surface area contributed by atoms with Crippen LogP contribution < -0.4 is 23.8 Å². The van der Waals surface area contributed by atoms with Crippen LogP contribution in [0.2, 0.25) is 0 Å². The van der Waals surface area contributed by atoms with Crippen molar-refractivity contribution < 1.29 is 28.5 Å². The molecule has 3 heterocycles. The molecule has 0 aliphatic carbocycles. The second-order valence-corrected chi connectivity index (χ2v) is 8.49. The first-order valence-electron chi connectivity index (χ1n) is 11.7. The van der Waals surface area contributed by atoms with Gasteiger partial charge in [0.25, 0.3) is 11.8 Å². The summed E-state index contributed by atoms with van der Waals surface area (Å²) in [6, 6.07) is 10.9. The van der Waals surface area contributed by atoms with Gasteiger partial charge in [-0.25, -0.2) is 0 Å². The summed E-state index contributed by atoms with van der Waals surface area (Å²) in [5.74, 6) is 1.94. The van der Waals surface area contributed by atoms with Crippen molar-refractivity contribution in [1.29, 1.82) is 0 Å². The quantitative estimate of drug-likeness (QED) is 0.647. The third kappa shape index (κ3) is 4.40. The fourth-order valence-electron chi connectivity index (χ4n) is 4.54. The summed E-state index contributed by atoms with van der Waals surface area (Å²) in [7, 11) is 1.57. The number of methoxy groups -OCH3 is 1. The van der Waals surface area contributed by atoms with Gasteiger partial charge in [0.15, 0.2) is 17.6 Å². The molecule has 5 rings (SSSR count). The molecule has 0 bridgehead atoms. The minimum absolute atomic E-state index is 0.0624. The molecule has 0 radical (unpaired) electrons. The van der Waals surface area contributed by atoms with E-state index in [1.807, 2.05) is 29.2 Å². The van der Waals surface area contributed by atoms with Crippen LogP contribution in [-0.2, 0) is 9.59 Å². The van der Waals surface area contributed by atoms with Crippen molar-refractivity contribution in [2.45, 2.75) is 25.4 Å². The summed E-state index contributed by atoms with van der Waals surface area (Å²) < 4.78 is 22.8. The molecule has 1 saturated heterocycles. The van der Waals surface area contributed by atoms with Crippen LogP contribution in [0.4, 0.5) is 5.69 Å². The molecule has 2 amide bonds. The summed E-state index contributed by atoms with van der Waals surface area (Å²) >= 11 is 0. The molecule has 1 unspecified atom stereocenters. The van der Waals surface area contributed by atoms with Crippen molar-refractivity contribution in [2.24, 2.45) is 0 Å². The first kappa shape index (κ1) is 22.1. The molecule has 1 atom stereocenters. The number of ether oxygens (including phenoxy) is 4. The van der Waals surface area contributed by atoms with Crippen LogP contribution in [0.15, 0.2) is 42.5 Å². The zero-order chi connectivity index (χ0) is 23.5. The minimum Gasteiger partial charge on any atom is -0.493 e. The van der Waals surface area contributed by atoms with E-state index in [0.717, 1.165) is 37.9 Å². The molecule has 2 aromatic carbocycles. The van der Waals surface area contributed by atoms with E-state index in [9.17, 15) is 9.59 Å². The van der Waals surface area contributed by atoms with Gasteiger partial charge >= 0.3 is 0 Å². The van der Waals surface area contributed by atoms with E-state index in [0.29, 0.717) is 41.9 Å². The van der Waals surface area contributed by atoms with Crippen LogP contribution in [0.25, 0.3) is 6.08 Å². The highest BCUT2D eigenvalue weighted by atomic mass is 16.6. The van der Waals surface area contributed by atoms with Gasteiger partial charge in [0.1, 0.15) is 19.0 Å². The SMILES string of the molecule is COc1cc(/C=C/C(=O)N2CC(C(=O)N3CCCCC3)Oc3ccccc32)cc2c1OCCO2. The molecule has 34 heavy (non-hydrogen) atoms. The summed E-state index contributed by atoms with van der Waals surface area (Å²) in [5.41, 5.74) is 1.40. The van der Waals surface area contributed by atoms with E-state index in [1.165, 1.54) is 6.08 Å². The number of nitrogens with zero attached hydrogens (tertiary/aromatic N) is 2. The number of amides is 2. The Balaban J connectivity index is 1.38. The van der Waals surface area contributed by atoms with E-state index in [2.05, 4.69) is 0 Å². The van der Waals surface area contributed by atoms with Gasteiger partial charge in [-0.2, -0.15) is 0 Å². The van der Waals surface area contributed by atoms with Crippen LogP contribution >= 0.6 is 0 Å². The molecule has 0 N–H and O–H groups in total. The van der Waals surface area contributed by atoms with Gasteiger partial charge in [0, 0.05) is 19.2 Å². The van der Waals surface area contributed by atoms with Crippen LogP contribution in [0.3, 0.4) is 0 Å². The fraction of sp³-hybridized carbons (Fsp3) is 0.385. The lowest BCUT2D eigenvalue weighted by Crippen LogP contribution is -2.52. The number of hydrogen-bond donors (Lipinski definition) is 0. The molecule has 3 aliphatic heterocycles. The van der Waals surface area contributed by atoms with Gasteiger partial charge in [0.2, 0.25) is 5.75 Å². The number of hydrogen-bond acceptors (Lipinski definition) is 6. The van der Waals surface area contributed by atoms with E-state index in [1.54, 1.807) is 30.2 Å². The number of rotatable bonds is 4. The van der Waals surface area contributed by atoms with Crippen molar-refractivity contribution in [1.82, 2.24) is 4.90 Å². The van der Waals surface area contributed by atoms with Gasteiger partial charge in [-0.1, -0.05) is 12.1 Å². The number of carbonyl (C=O) groups is 2. The van der Waals surface area contributed by atoms with Crippen molar-refractivity contribution in [3.8, 4) is 23.0 Å². The van der Waals surface area contributed by atoms with Gasteiger partial charge in [-0.3, -0.25) is 9.59 Å². The topological polar surface area (TPSA) is 77.5 Å². The molecule has 1 fully saturated rings. The van der Waals surface area contributed by atoms with E-state index >= 15 is 0 Å². The highest BCUT2D eigenvalue weighted by molar-refractivity contribution is 6.06. The van der Waals surface area contributed by atoms with Gasteiger partial charge in [0.05, 0.1) is 19.3 Å². The number of para-hydroxylation sites is 2. The molecule has 8 nitrogen and oxygen atoms in total. The zero-order valence-corrected chi connectivity index (χ0v) is 19.2. The predicted octanol–water partition coefficient (Wildman–Crippen LogP) is 3.29. The largest absolute Gasteiger partial charge is 0.493 e. The molecule has 178 valence electrons. The molecule has 2 aromatic rings. The third-order valence-electron chi connectivity index (χ3n) is 6.25. The fourth-order valence-corrected chi connectivity index (χ4v) is 4.54. The summed E-state index contributed by atoms with van der Waals surface area (Å²) in [5, 5.41) is 0. The summed E-state index contributed by atoms with van der Waals surface area (Å²) in [6.07, 6.45) is 5.62. The average Bonchev–Trinajstić information content (AvgIpc) is 2.90. The Morgan fingerprint density at radius 1 is 1.03 bits per heavy atom. The number of carbonyl (C=O) groups excluding carboxylic acids is 2. The van der Waals surface area contributed by atoms with Crippen molar-refractivity contribution >= 4 is 23.6 Å². The van der Waals surface area contributed by atoms with E-state index in [-0.39, 0.29) is 18.4 Å². The molecule has 0 aromatic heterocycles. The summed E-state index contributed by atoms with van der Waals surface area (Å²) in [6.45, 7) is 2.56. The van der Waals surface area contributed by atoms with E-state index in [4.69, 9.17) is 18.9 Å². The van der Waals surface area contributed by atoms with Gasteiger partial charge in [-0.15, -0.1) is 0 Å². The van der Waals surface area contributed by atoms with Gasteiger partial charge < -0.3 is 28.7 Å². The normalized spacial score (nSPS) is 19.4. The Morgan fingerprint density at radius 2 is 1.82 bits per heavy atom. The predicted molar refractivity (Wildman–Crippen MR) is 127 cm³/mol. The van der Waals surface area contributed by atoms with Crippen LogP contribution in [0.1, 0.15) is 24.8 Å². The summed E-state index contributed by atoms with van der Waals surface area (Å²) in [4.78, 5) is 29.9. The first-order valence-corrected chi connectivity index (χ1v) is 11.7. The number of piperidine rings is 1. The highest BCUT2D eigenvalue weighted by Crippen LogP contribution is 2.41. The highest BCUT2D eigenvalue weighted by Gasteiger charge is 2.35. The Kier molecular flexibility index (Phi) is 6.29. The van der Waals surface area contributed by atoms with E-state index < -0.39 is 6.10 Å². The molecular formula is C26H28N2O6. The Morgan fingerprint density at radius 3 is 2.65 bits per heavy atom. The van der Waals surface area contributed by atoms with Crippen LogP contribution in [0.5, 0.6) is 23.0 Å². The third-order valence-corrected chi connectivity index (χ3v) is 6.25. The second-order valence-electron chi connectivity index (χ2n) is 8.49. The van der Waals surface area contributed by atoms with Gasteiger partial charge in [-0.05, 0) is 55.2 Å². The maximum atomic E-state index is 13.3. The maximum absolute atomic E-state index is 13.3. The number of likely N-dealkylation sites (tertiary alicyclic amines) is 1. The Bertz CT molecular complexity index is 1090. The lowest BCUT2D eigenvalue weighted by Gasteiger charge is -2.37.